The second kappa shape index (κ2) is 13.2. The molecule has 0 bridgehead atoms. The number of nitrogens with two attached hydrogens (primary N) is 1. The van der Waals surface area contributed by atoms with Gasteiger partial charge in [-0.2, -0.15) is 10.3 Å². The molecule has 3 unspecified atom stereocenters. The number of morpholine rings is 1. The van der Waals surface area contributed by atoms with E-state index in [1.54, 1.807) is 0 Å². The van der Waals surface area contributed by atoms with Crippen LogP contribution < -0.4 is 11.1 Å². The number of amides is 3. The minimum Gasteiger partial charge on any atom is -0.378 e. The lowest BCUT2D eigenvalue weighted by Crippen LogP contribution is -2.57. The zero-order valence-electron chi connectivity index (χ0n) is 23.7. The Bertz CT molecular complexity index is 1070. The summed E-state index contributed by atoms with van der Waals surface area (Å²) in [5, 5.41) is 13.7. The number of aromatic nitrogens is 1. The maximum absolute atomic E-state index is 14.6. The van der Waals surface area contributed by atoms with Gasteiger partial charge in [-0.15, -0.1) is 0 Å². The summed E-state index contributed by atoms with van der Waals surface area (Å²) in [6.07, 6.45) is 13.9. The number of nitrogens with one attached hydrogen (secondary N) is 2. The van der Waals surface area contributed by atoms with Gasteiger partial charge in [0.25, 0.3) is 0 Å². The minimum absolute atomic E-state index is 0.220. The van der Waals surface area contributed by atoms with Gasteiger partial charge in [-0.3, -0.25) is 9.69 Å². The van der Waals surface area contributed by atoms with E-state index in [-0.39, 0.29) is 17.7 Å². The fourth-order valence-corrected chi connectivity index (χ4v) is 7.57. The Morgan fingerprint density at radius 3 is 2.42 bits per heavy atom. The number of H-pyrrole nitrogens is 1. The lowest BCUT2D eigenvalue weighted by atomic mass is 9.71. The Hall–Kier alpha value is -2.90. The highest BCUT2D eigenvalue weighted by Gasteiger charge is 2.47. The first kappa shape index (κ1) is 28.6. The Balaban J connectivity index is 1.50. The molecule has 3 heterocycles. The van der Waals surface area contributed by atoms with E-state index in [2.05, 4.69) is 26.3 Å². The number of rotatable bonds is 7. The van der Waals surface area contributed by atoms with Crippen molar-refractivity contribution in [3.8, 4) is 6.07 Å². The number of nitriles is 1. The van der Waals surface area contributed by atoms with Gasteiger partial charge in [-0.05, 0) is 50.2 Å². The van der Waals surface area contributed by atoms with Crippen molar-refractivity contribution in [1.82, 2.24) is 20.1 Å². The summed E-state index contributed by atoms with van der Waals surface area (Å²) >= 11 is 0. The lowest BCUT2D eigenvalue weighted by Gasteiger charge is -2.40. The van der Waals surface area contributed by atoms with Crippen LogP contribution in [0.5, 0.6) is 0 Å². The van der Waals surface area contributed by atoms with E-state index < -0.39 is 17.5 Å². The van der Waals surface area contributed by atoms with Crippen LogP contribution in [0.15, 0.2) is 23.3 Å². The SMILES string of the molecule is N#CC1(NC(=O)C(C(=NC(N)=O)N2CCOCC2)C(c2ccc[nH]2)C2CCCCC2)CCN(C2CCCCC2)C1. The third-order valence-electron chi connectivity index (χ3n) is 9.58. The van der Waals surface area contributed by atoms with E-state index in [0.717, 1.165) is 50.8 Å². The van der Waals surface area contributed by atoms with Crippen LogP contribution in [0.1, 0.15) is 82.2 Å². The van der Waals surface area contributed by atoms with Crippen LogP contribution in [0.4, 0.5) is 4.79 Å². The largest absolute Gasteiger partial charge is 0.378 e. The number of primary amides is 1. The van der Waals surface area contributed by atoms with Crippen molar-refractivity contribution in [1.29, 1.82) is 5.26 Å². The molecule has 1 aromatic rings. The Morgan fingerprint density at radius 2 is 1.80 bits per heavy atom. The number of hydrogen-bond donors (Lipinski definition) is 3. The van der Waals surface area contributed by atoms with Gasteiger partial charge in [0.1, 0.15) is 17.3 Å². The van der Waals surface area contributed by atoms with Crippen molar-refractivity contribution < 1.29 is 14.3 Å². The number of likely N-dealkylation sites (tertiary alicyclic amines) is 1. The molecular formula is C30H45N7O3. The third kappa shape index (κ3) is 6.52. The fraction of sp³-hybridized carbons (Fsp3) is 0.733. The standard InChI is InChI=1S/C30H45N7O3/c31-20-30(13-15-37(21-30)23-10-5-2-6-11-23)35-28(38)26(27(34-29(32)39)36-16-18-40-19-17-36)25(24-12-7-14-33-24)22-8-3-1-4-9-22/h7,12,14,22-23,25-26,33H,1-6,8-11,13,15-19,21H2,(H2,32,39)(H,35,38). The summed E-state index contributed by atoms with van der Waals surface area (Å²) in [6.45, 7) is 3.36. The third-order valence-corrected chi connectivity index (χ3v) is 9.58. The molecule has 10 heteroatoms. The van der Waals surface area contributed by atoms with Crippen molar-refractivity contribution in [3.63, 3.8) is 0 Å². The molecule has 0 spiro atoms. The molecule has 0 aromatic carbocycles. The average molecular weight is 552 g/mol. The number of urea groups is 1. The zero-order valence-corrected chi connectivity index (χ0v) is 23.7. The van der Waals surface area contributed by atoms with E-state index in [0.29, 0.717) is 51.1 Å². The average Bonchev–Trinajstić information content (AvgIpc) is 3.67. The van der Waals surface area contributed by atoms with Gasteiger partial charge in [0.05, 0.1) is 19.3 Å². The van der Waals surface area contributed by atoms with Gasteiger partial charge in [0.2, 0.25) is 5.91 Å². The molecule has 3 amide bonds. The quantitative estimate of drug-likeness (QED) is 0.350. The molecule has 2 saturated carbocycles. The molecule has 2 saturated heterocycles. The summed E-state index contributed by atoms with van der Waals surface area (Å²) < 4.78 is 5.59. The second-order valence-electron chi connectivity index (χ2n) is 12.1. The normalized spacial score (nSPS) is 27.2. The van der Waals surface area contributed by atoms with Gasteiger partial charge in [0.15, 0.2) is 0 Å². The van der Waals surface area contributed by atoms with Crippen LogP contribution in [-0.2, 0) is 9.53 Å². The van der Waals surface area contributed by atoms with Crippen LogP contribution in [-0.4, -0.2) is 83.5 Å². The molecule has 218 valence electrons. The number of ether oxygens (including phenoxy) is 1. The number of carbonyl (C=O) groups excluding carboxylic acids is 2. The number of amidine groups is 1. The number of aliphatic imine (C=N–C) groups is 1. The van der Waals surface area contributed by atoms with Crippen molar-refractivity contribution >= 4 is 17.8 Å². The number of aromatic amines is 1. The Labute approximate surface area is 237 Å². The summed E-state index contributed by atoms with van der Waals surface area (Å²) in [6, 6.07) is 6.15. The van der Waals surface area contributed by atoms with Crippen LogP contribution in [0, 0.1) is 23.2 Å². The van der Waals surface area contributed by atoms with Gasteiger partial charge >= 0.3 is 6.03 Å². The molecule has 3 atom stereocenters. The Kier molecular flexibility index (Phi) is 9.43. The minimum atomic E-state index is -0.970. The highest BCUT2D eigenvalue weighted by atomic mass is 16.5. The van der Waals surface area contributed by atoms with E-state index >= 15 is 0 Å². The van der Waals surface area contributed by atoms with Crippen LogP contribution in [0.25, 0.3) is 0 Å². The topological polar surface area (TPSA) is 140 Å². The maximum Gasteiger partial charge on any atom is 0.340 e. The van der Waals surface area contributed by atoms with Crippen molar-refractivity contribution in [2.24, 2.45) is 22.6 Å². The van der Waals surface area contributed by atoms with E-state index in [4.69, 9.17) is 10.5 Å². The van der Waals surface area contributed by atoms with Gasteiger partial charge in [0, 0.05) is 50.0 Å². The molecule has 5 rings (SSSR count). The summed E-state index contributed by atoms with van der Waals surface area (Å²) in [5.74, 6) is -0.593. The molecule has 0 radical (unpaired) electrons. The van der Waals surface area contributed by atoms with E-state index in [1.165, 1.54) is 25.7 Å². The summed E-state index contributed by atoms with van der Waals surface area (Å²) in [5.41, 5.74) is 5.66. The number of carbonyl (C=O) groups is 2. The highest BCUT2D eigenvalue weighted by molar-refractivity contribution is 6.07. The first-order valence-electron chi connectivity index (χ1n) is 15.3. The van der Waals surface area contributed by atoms with Crippen LogP contribution >= 0.6 is 0 Å². The first-order chi connectivity index (χ1) is 19.5. The van der Waals surface area contributed by atoms with E-state index in [9.17, 15) is 14.9 Å². The maximum atomic E-state index is 14.6. The van der Waals surface area contributed by atoms with Crippen LogP contribution in [0.2, 0.25) is 0 Å². The van der Waals surface area contributed by atoms with Gasteiger partial charge in [-0.1, -0.05) is 38.5 Å². The molecule has 40 heavy (non-hydrogen) atoms. The summed E-state index contributed by atoms with van der Waals surface area (Å²) in [7, 11) is 0. The monoisotopic (exact) mass is 551 g/mol. The smallest absolute Gasteiger partial charge is 0.340 e. The lowest BCUT2D eigenvalue weighted by molar-refractivity contribution is -0.125. The predicted molar refractivity (Wildman–Crippen MR) is 153 cm³/mol. The highest BCUT2D eigenvalue weighted by Crippen LogP contribution is 2.42. The van der Waals surface area contributed by atoms with Crippen LogP contribution in [0.3, 0.4) is 0 Å². The van der Waals surface area contributed by atoms with Gasteiger partial charge < -0.3 is 25.7 Å². The Morgan fingerprint density at radius 1 is 1.10 bits per heavy atom. The molecular weight excluding hydrogens is 506 g/mol. The van der Waals surface area contributed by atoms with Crippen molar-refractivity contribution in [2.45, 2.75) is 88.1 Å². The molecule has 2 aliphatic heterocycles. The van der Waals surface area contributed by atoms with E-state index in [1.807, 2.05) is 23.2 Å². The van der Waals surface area contributed by atoms with Crippen molar-refractivity contribution in [3.05, 3.63) is 24.0 Å². The molecule has 4 fully saturated rings. The second-order valence-corrected chi connectivity index (χ2v) is 12.1. The summed E-state index contributed by atoms with van der Waals surface area (Å²) in [4.78, 5) is 39.0. The van der Waals surface area contributed by atoms with Crippen molar-refractivity contribution in [2.75, 3.05) is 39.4 Å². The molecule has 4 N–H and O–H groups in total. The molecule has 1 aromatic heterocycles. The first-order valence-corrected chi connectivity index (χ1v) is 15.3. The molecule has 4 aliphatic rings. The number of hydrogen-bond acceptors (Lipinski definition) is 5. The molecule has 10 nitrogen and oxygen atoms in total. The van der Waals surface area contributed by atoms with Gasteiger partial charge in [-0.25, -0.2) is 4.79 Å². The zero-order chi connectivity index (χ0) is 28.0. The predicted octanol–water partition coefficient (Wildman–Crippen LogP) is 3.52. The fourth-order valence-electron chi connectivity index (χ4n) is 7.57. The molecule has 2 aliphatic carbocycles. The number of nitrogens with zero attached hydrogens (tertiary/aromatic N) is 4.